The van der Waals surface area contributed by atoms with Crippen molar-refractivity contribution in [1.29, 1.82) is 0 Å². The van der Waals surface area contributed by atoms with E-state index in [0.717, 1.165) is 5.56 Å². The van der Waals surface area contributed by atoms with Gasteiger partial charge in [0.15, 0.2) is 5.13 Å². The number of aromatic nitrogens is 1. The molecule has 0 spiro atoms. The van der Waals surface area contributed by atoms with Crippen molar-refractivity contribution in [3.05, 3.63) is 69.0 Å². The standard InChI is InChI=1S/C24H25Cl2N3O3S/c1-24(2,3)32-19(30)11-12-29(14-15-7-5-4-6-8-15)23-28-20(21(33-23)22(27)31)16-9-10-17(25)18(26)13-16/h4-10,13H,11-12,14H2,1-3H3,(H2,27,31). The number of hydrogen-bond donors (Lipinski definition) is 1. The molecule has 3 aromatic rings. The highest BCUT2D eigenvalue weighted by Gasteiger charge is 2.23. The smallest absolute Gasteiger partial charge is 0.308 e. The fourth-order valence-electron chi connectivity index (χ4n) is 3.12. The number of primary amides is 1. The molecule has 0 saturated carbocycles. The van der Waals surface area contributed by atoms with Crippen molar-refractivity contribution < 1.29 is 14.3 Å². The Morgan fingerprint density at radius 1 is 1.09 bits per heavy atom. The first-order valence-corrected chi connectivity index (χ1v) is 11.9. The number of halogens is 2. The summed E-state index contributed by atoms with van der Waals surface area (Å²) in [6, 6.07) is 14.8. The molecule has 0 aliphatic heterocycles. The van der Waals surface area contributed by atoms with Crippen LogP contribution in [0.3, 0.4) is 0 Å². The number of carbonyl (C=O) groups excluding carboxylic acids is 2. The molecule has 3 rings (SSSR count). The monoisotopic (exact) mass is 505 g/mol. The summed E-state index contributed by atoms with van der Waals surface area (Å²) < 4.78 is 5.45. The molecule has 1 aromatic heterocycles. The van der Waals surface area contributed by atoms with Crippen LogP contribution in [0.15, 0.2) is 48.5 Å². The molecule has 6 nitrogen and oxygen atoms in total. The predicted octanol–water partition coefficient (Wildman–Crippen LogP) is 5.95. The van der Waals surface area contributed by atoms with Gasteiger partial charge in [-0.05, 0) is 38.5 Å². The van der Waals surface area contributed by atoms with Crippen molar-refractivity contribution in [3.63, 3.8) is 0 Å². The van der Waals surface area contributed by atoms with Crippen LogP contribution in [0.4, 0.5) is 5.13 Å². The van der Waals surface area contributed by atoms with Crippen molar-refractivity contribution in [2.24, 2.45) is 5.73 Å². The third kappa shape index (κ3) is 6.93. The minimum absolute atomic E-state index is 0.164. The molecule has 1 amide bonds. The Kier molecular flexibility index (Phi) is 8.00. The van der Waals surface area contributed by atoms with Gasteiger partial charge in [-0.2, -0.15) is 0 Å². The van der Waals surface area contributed by atoms with Crippen molar-refractivity contribution in [1.82, 2.24) is 4.98 Å². The summed E-state index contributed by atoms with van der Waals surface area (Å²) in [5.41, 5.74) is 7.19. The Hall–Kier alpha value is -2.61. The van der Waals surface area contributed by atoms with E-state index in [0.29, 0.717) is 44.4 Å². The Bertz CT molecular complexity index is 1140. The first-order valence-electron chi connectivity index (χ1n) is 10.3. The molecule has 33 heavy (non-hydrogen) atoms. The fourth-order valence-corrected chi connectivity index (χ4v) is 4.38. The van der Waals surface area contributed by atoms with Crippen LogP contribution >= 0.6 is 34.5 Å². The highest BCUT2D eigenvalue weighted by Crippen LogP contribution is 2.36. The molecule has 1 heterocycles. The van der Waals surface area contributed by atoms with E-state index in [2.05, 4.69) is 0 Å². The summed E-state index contributed by atoms with van der Waals surface area (Å²) >= 11 is 13.4. The molecule has 0 atom stereocenters. The topological polar surface area (TPSA) is 85.5 Å². The minimum Gasteiger partial charge on any atom is -0.460 e. The van der Waals surface area contributed by atoms with Gasteiger partial charge in [0.1, 0.15) is 10.5 Å². The first kappa shape index (κ1) is 25.0. The molecule has 0 saturated heterocycles. The summed E-state index contributed by atoms with van der Waals surface area (Å²) in [7, 11) is 0. The first-order chi connectivity index (χ1) is 15.5. The number of rotatable bonds is 8. The quantitative estimate of drug-likeness (QED) is 0.382. The predicted molar refractivity (Wildman–Crippen MR) is 134 cm³/mol. The van der Waals surface area contributed by atoms with Crippen molar-refractivity contribution in [2.45, 2.75) is 39.3 Å². The zero-order chi connectivity index (χ0) is 24.2. The van der Waals surface area contributed by atoms with Gasteiger partial charge < -0.3 is 15.4 Å². The number of amides is 1. The summed E-state index contributed by atoms with van der Waals surface area (Å²) in [5.74, 6) is -0.899. The maximum atomic E-state index is 12.4. The lowest BCUT2D eigenvalue weighted by molar-refractivity contribution is -0.154. The lowest BCUT2D eigenvalue weighted by Gasteiger charge is -2.24. The van der Waals surface area contributed by atoms with E-state index in [9.17, 15) is 9.59 Å². The van der Waals surface area contributed by atoms with Gasteiger partial charge in [0.25, 0.3) is 5.91 Å². The van der Waals surface area contributed by atoms with Crippen molar-refractivity contribution in [2.75, 3.05) is 11.4 Å². The number of nitrogens with zero attached hydrogens (tertiary/aromatic N) is 2. The van der Waals surface area contributed by atoms with Crippen LogP contribution in [-0.2, 0) is 16.1 Å². The van der Waals surface area contributed by atoms with E-state index in [-0.39, 0.29) is 12.4 Å². The molecular weight excluding hydrogens is 481 g/mol. The van der Waals surface area contributed by atoms with Crippen LogP contribution in [0.1, 0.15) is 42.4 Å². The summed E-state index contributed by atoms with van der Waals surface area (Å²) in [6.45, 7) is 6.34. The lowest BCUT2D eigenvalue weighted by atomic mass is 10.1. The van der Waals surface area contributed by atoms with Gasteiger partial charge in [0.05, 0.1) is 22.2 Å². The molecule has 2 aromatic carbocycles. The molecular formula is C24H25Cl2N3O3S. The number of thiazole rings is 1. The van der Waals surface area contributed by atoms with Crippen molar-refractivity contribution >= 4 is 51.5 Å². The number of nitrogens with two attached hydrogens (primary N) is 1. The zero-order valence-electron chi connectivity index (χ0n) is 18.6. The molecule has 0 radical (unpaired) electrons. The Labute approximate surface area is 207 Å². The molecule has 0 unspecified atom stereocenters. The Morgan fingerprint density at radius 2 is 1.79 bits per heavy atom. The molecule has 2 N–H and O–H groups in total. The maximum absolute atomic E-state index is 12.4. The molecule has 0 aliphatic rings. The second-order valence-electron chi connectivity index (χ2n) is 8.41. The number of esters is 1. The van der Waals surface area contributed by atoms with Crippen LogP contribution in [0.2, 0.25) is 10.0 Å². The Balaban J connectivity index is 1.95. The van der Waals surface area contributed by atoms with E-state index in [1.807, 2.05) is 56.0 Å². The summed E-state index contributed by atoms with van der Waals surface area (Å²) in [5, 5.41) is 1.32. The van der Waals surface area contributed by atoms with E-state index in [1.54, 1.807) is 18.2 Å². The largest absolute Gasteiger partial charge is 0.460 e. The highest BCUT2D eigenvalue weighted by atomic mass is 35.5. The second-order valence-corrected chi connectivity index (χ2v) is 10.2. The van der Waals surface area contributed by atoms with Crippen LogP contribution in [0, 0.1) is 0 Å². The fraction of sp³-hybridized carbons (Fsp3) is 0.292. The van der Waals surface area contributed by atoms with Crippen LogP contribution in [0.5, 0.6) is 0 Å². The van der Waals surface area contributed by atoms with E-state index in [1.165, 1.54) is 11.3 Å². The molecule has 0 aliphatic carbocycles. The van der Waals surface area contributed by atoms with Gasteiger partial charge in [-0.15, -0.1) is 0 Å². The third-order valence-electron chi connectivity index (χ3n) is 4.53. The molecule has 174 valence electrons. The second kappa shape index (κ2) is 10.5. The molecule has 0 fully saturated rings. The van der Waals surface area contributed by atoms with Crippen LogP contribution < -0.4 is 10.6 Å². The third-order valence-corrected chi connectivity index (χ3v) is 6.40. The van der Waals surface area contributed by atoms with Gasteiger partial charge >= 0.3 is 5.97 Å². The van der Waals surface area contributed by atoms with Gasteiger partial charge in [-0.25, -0.2) is 4.98 Å². The normalized spacial score (nSPS) is 11.3. The van der Waals surface area contributed by atoms with Crippen LogP contribution in [0.25, 0.3) is 11.3 Å². The Morgan fingerprint density at radius 3 is 2.39 bits per heavy atom. The SMILES string of the molecule is CC(C)(C)OC(=O)CCN(Cc1ccccc1)c1nc(-c2ccc(Cl)c(Cl)c2)c(C(N)=O)s1. The average molecular weight is 506 g/mol. The number of benzene rings is 2. The van der Waals surface area contributed by atoms with Gasteiger partial charge in [0, 0.05) is 18.7 Å². The number of carbonyl (C=O) groups is 2. The zero-order valence-corrected chi connectivity index (χ0v) is 20.9. The molecule has 9 heteroatoms. The van der Waals surface area contributed by atoms with Gasteiger partial charge in [-0.1, -0.05) is 70.9 Å². The number of anilines is 1. The maximum Gasteiger partial charge on any atom is 0.308 e. The summed E-state index contributed by atoms with van der Waals surface area (Å²) in [6.07, 6.45) is 0.164. The lowest BCUT2D eigenvalue weighted by Crippen LogP contribution is -2.29. The minimum atomic E-state index is -0.591. The van der Waals surface area contributed by atoms with Gasteiger partial charge in [-0.3, -0.25) is 9.59 Å². The van der Waals surface area contributed by atoms with Gasteiger partial charge in [0.2, 0.25) is 0 Å². The van der Waals surface area contributed by atoms with E-state index < -0.39 is 11.5 Å². The summed E-state index contributed by atoms with van der Waals surface area (Å²) in [4.78, 5) is 31.5. The van der Waals surface area contributed by atoms with Crippen LogP contribution in [-0.4, -0.2) is 29.0 Å². The molecule has 0 bridgehead atoms. The highest BCUT2D eigenvalue weighted by molar-refractivity contribution is 7.18. The van der Waals surface area contributed by atoms with Crippen molar-refractivity contribution in [3.8, 4) is 11.3 Å². The van der Waals surface area contributed by atoms with E-state index >= 15 is 0 Å². The number of ether oxygens (including phenoxy) is 1. The van der Waals surface area contributed by atoms with E-state index in [4.69, 9.17) is 38.7 Å². The number of hydrogen-bond acceptors (Lipinski definition) is 6. The average Bonchev–Trinajstić information content (AvgIpc) is 3.18.